The van der Waals surface area contributed by atoms with Crippen LogP contribution in [-0.2, 0) is 9.53 Å². The number of benzene rings is 1. The number of hydrogen-bond donors (Lipinski definition) is 1. The molecule has 5 nitrogen and oxygen atoms in total. The number of ether oxygens (including phenoxy) is 3. The van der Waals surface area contributed by atoms with Crippen LogP contribution >= 0.6 is 0 Å². The van der Waals surface area contributed by atoms with Crippen molar-refractivity contribution >= 4 is 5.97 Å². The summed E-state index contributed by atoms with van der Waals surface area (Å²) in [5.74, 6) is 0.502. The molecule has 0 aliphatic carbocycles. The highest BCUT2D eigenvalue weighted by Crippen LogP contribution is 2.19. The molecule has 1 rings (SSSR count). The summed E-state index contributed by atoms with van der Waals surface area (Å²) in [5, 5.41) is 9.03. The predicted molar refractivity (Wildman–Crippen MR) is 65.1 cm³/mol. The van der Waals surface area contributed by atoms with Crippen molar-refractivity contribution in [1.82, 2.24) is 0 Å². The van der Waals surface area contributed by atoms with E-state index in [1.54, 1.807) is 31.2 Å². The van der Waals surface area contributed by atoms with E-state index in [0.29, 0.717) is 11.5 Å². The molecule has 0 amide bonds. The molecule has 2 unspecified atom stereocenters. The molecular weight excluding hydrogens is 236 g/mol. The molecule has 1 N–H and O–H groups in total. The first kappa shape index (κ1) is 14.1. The number of rotatable bonds is 6. The molecule has 0 aromatic heterocycles. The number of hydrogen-bond acceptors (Lipinski definition) is 5. The molecule has 0 aliphatic heterocycles. The highest BCUT2D eigenvalue weighted by Gasteiger charge is 2.08. The van der Waals surface area contributed by atoms with Crippen LogP contribution in [-0.4, -0.2) is 23.7 Å². The number of aliphatic hydroxyl groups is 1. The van der Waals surface area contributed by atoms with Crippen molar-refractivity contribution in [2.24, 2.45) is 0 Å². The summed E-state index contributed by atoms with van der Waals surface area (Å²) in [5.41, 5.74) is 0. The molecule has 0 saturated heterocycles. The fraction of sp³-hybridized carbons (Fsp3) is 0.308. The Bertz CT molecular complexity index is 396. The van der Waals surface area contributed by atoms with Crippen molar-refractivity contribution in [2.45, 2.75) is 26.4 Å². The number of aliphatic hydroxyl groups excluding tert-OH is 1. The van der Waals surface area contributed by atoms with Gasteiger partial charge in [0.2, 0.25) is 6.29 Å². The number of carbonyl (C=O) groups excluding carboxylic acids is 1. The third kappa shape index (κ3) is 4.88. The molecule has 0 heterocycles. The Kier molecular flexibility index (Phi) is 5.20. The van der Waals surface area contributed by atoms with E-state index in [9.17, 15) is 4.79 Å². The van der Waals surface area contributed by atoms with E-state index >= 15 is 0 Å². The second-order valence-corrected chi connectivity index (χ2v) is 3.52. The summed E-state index contributed by atoms with van der Waals surface area (Å²) in [6.07, 6.45) is -0.511. The maximum Gasteiger partial charge on any atom is 0.333 e. The molecule has 5 heteroatoms. The first-order chi connectivity index (χ1) is 8.51. The van der Waals surface area contributed by atoms with Gasteiger partial charge < -0.3 is 19.3 Å². The minimum atomic E-state index is -0.871. The van der Waals surface area contributed by atoms with Crippen LogP contribution in [0.5, 0.6) is 11.5 Å². The van der Waals surface area contributed by atoms with Crippen LogP contribution in [0.1, 0.15) is 13.8 Å². The molecule has 1 aromatic carbocycles. The Morgan fingerprint density at radius 2 is 1.72 bits per heavy atom. The Labute approximate surface area is 106 Å². The summed E-state index contributed by atoms with van der Waals surface area (Å²) < 4.78 is 15.2. The zero-order valence-corrected chi connectivity index (χ0v) is 10.3. The van der Waals surface area contributed by atoms with Gasteiger partial charge in [-0.25, -0.2) is 4.79 Å². The van der Waals surface area contributed by atoms with Gasteiger partial charge in [0.15, 0.2) is 6.29 Å². The van der Waals surface area contributed by atoms with E-state index in [1.807, 2.05) is 0 Å². The Morgan fingerprint density at radius 1 is 1.22 bits per heavy atom. The van der Waals surface area contributed by atoms with Crippen LogP contribution in [0.4, 0.5) is 0 Å². The van der Waals surface area contributed by atoms with Gasteiger partial charge in [0, 0.05) is 13.0 Å². The lowest BCUT2D eigenvalue weighted by Crippen LogP contribution is -2.19. The lowest BCUT2D eigenvalue weighted by atomic mass is 10.3. The van der Waals surface area contributed by atoms with Gasteiger partial charge in [-0.1, -0.05) is 6.58 Å². The second-order valence-electron chi connectivity index (χ2n) is 3.52. The Hall–Kier alpha value is -2.01. The highest BCUT2D eigenvalue weighted by atomic mass is 16.7. The minimum absolute atomic E-state index is 0.521. The first-order valence-electron chi connectivity index (χ1n) is 5.45. The van der Waals surface area contributed by atoms with Crippen molar-refractivity contribution in [3.63, 3.8) is 0 Å². The molecule has 0 fully saturated rings. The smallest absolute Gasteiger partial charge is 0.333 e. The molecule has 0 bridgehead atoms. The summed E-state index contributed by atoms with van der Waals surface area (Å²) in [4.78, 5) is 10.9. The highest BCUT2D eigenvalue weighted by molar-refractivity contribution is 5.81. The third-order valence-corrected chi connectivity index (χ3v) is 1.88. The second kappa shape index (κ2) is 6.66. The summed E-state index contributed by atoms with van der Waals surface area (Å²) in [6.45, 7) is 6.40. The van der Waals surface area contributed by atoms with E-state index in [2.05, 4.69) is 6.58 Å². The molecule has 0 radical (unpaired) electrons. The molecule has 18 heavy (non-hydrogen) atoms. The fourth-order valence-corrected chi connectivity index (χ4v) is 1.22. The minimum Gasteiger partial charge on any atom is -0.465 e. The normalized spacial score (nSPS) is 13.3. The van der Waals surface area contributed by atoms with E-state index in [4.69, 9.17) is 19.3 Å². The quantitative estimate of drug-likeness (QED) is 0.475. The predicted octanol–water partition coefficient (Wildman–Crippen LogP) is 1.86. The third-order valence-electron chi connectivity index (χ3n) is 1.88. The average molecular weight is 252 g/mol. The molecule has 0 spiro atoms. The summed E-state index contributed by atoms with van der Waals surface area (Å²) in [7, 11) is 0. The standard InChI is InChI=1S/C13H16O5/c1-4-13(15)18-10(3)17-12-7-5-11(6-8-12)16-9(2)14/h4-10,14H,1H2,2-3H3. The van der Waals surface area contributed by atoms with E-state index in [1.165, 1.54) is 6.92 Å². The van der Waals surface area contributed by atoms with Gasteiger partial charge in [0.05, 0.1) is 0 Å². The summed E-state index contributed by atoms with van der Waals surface area (Å²) in [6, 6.07) is 6.58. The van der Waals surface area contributed by atoms with E-state index in [-0.39, 0.29) is 0 Å². The van der Waals surface area contributed by atoms with Crippen LogP contribution in [0.25, 0.3) is 0 Å². The zero-order chi connectivity index (χ0) is 13.5. The maximum atomic E-state index is 10.9. The molecule has 2 atom stereocenters. The lowest BCUT2D eigenvalue weighted by Gasteiger charge is -2.15. The first-order valence-corrected chi connectivity index (χ1v) is 5.45. The largest absolute Gasteiger partial charge is 0.465 e. The monoisotopic (exact) mass is 252 g/mol. The van der Waals surface area contributed by atoms with Gasteiger partial charge in [0.25, 0.3) is 0 Å². The van der Waals surface area contributed by atoms with Gasteiger partial charge in [-0.05, 0) is 31.2 Å². The number of carbonyl (C=O) groups is 1. The van der Waals surface area contributed by atoms with Crippen molar-refractivity contribution in [1.29, 1.82) is 0 Å². The molecular formula is C13H16O5. The topological polar surface area (TPSA) is 65.0 Å². The fourth-order valence-electron chi connectivity index (χ4n) is 1.22. The van der Waals surface area contributed by atoms with Crippen LogP contribution in [0.2, 0.25) is 0 Å². The van der Waals surface area contributed by atoms with Crippen molar-refractivity contribution in [3.05, 3.63) is 36.9 Å². The molecule has 1 aromatic rings. The van der Waals surface area contributed by atoms with Crippen LogP contribution in [0, 0.1) is 0 Å². The van der Waals surface area contributed by atoms with Crippen molar-refractivity contribution in [2.75, 3.05) is 0 Å². The van der Waals surface area contributed by atoms with Gasteiger partial charge in [-0.2, -0.15) is 0 Å². The molecule has 0 saturated carbocycles. The zero-order valence-electron chi connectivity index (χ0n) is 10.3. The Morgan fingerprint density at radius 3 is 2.17 bits per heavy atom. The maximum absolute atomic E-state index is 10.9. The Balaban J connectivity index is 2.52. The number of esters is 1. The van der Waals surface area contributed by atoms with Gasteiger partial charge in [-0.15, -0.1) is 0 Å². The molecule has 0 aliphatic rings. The molecule has 98 valence electrons. The van der Waals surface area contributed by atoms with E-state index in [0.717, 1.165) is 6.08 Å². The van der Waals surface area contributed by atoms with Crippen molar-refractivity contribution in [3.8, 4) is 11.5 Å². The van der Waals surface area contributed by atoms with Crippen molar-refractivity contribution < 1.29 is 24.1 Å². The van der Waals surface area contributed by atoms with E-state index < -0.39 is 18.5 Å². The SMILES string of the molecule is C=CC(=O)OC(C)Oc1ccc(OC(C)O)cc1. The van der Waals surface area contributed by atoms with Crippen LogP contribution < -0.4 is 9.47 Å². The van der Waals surface area contributed by atoms with Crippen LogP contribution in [0.3, 0.4) is 0 Å². The lowest BCUT2D eigenvalue weighted by molar-refractivity contribution is -0.154. The average Bonchev–Trinajstić information content (AvgIpc) is 2.30. The van der Waals surface area contributed by atoms with Gasteiger partial charge in [0.1, 0.15) is 11.5 Å². The van der Waals surface area contributed by atoms with Gasteiger partial charge >= 0.3 is 5.97 Å². The van der Waals surface area contributed by atoms with Crippen LogP contribution in [0.15, 0.2) is 36.9 Å². The van der Waals surface area contributed by atoms with Gasteiger partial charge in [-0.3, -0.25) is 0 Å². The summed E-state index contributed by atoms with van der Waals surface area (Å²) >= 11 is 0.